The van der Waals surface area contributed by atoms with Crippen LogP contribution < -0.4 is 10.2 Å². The number of nitrogens with one attached hydrogen (secondary N) is 1. The first-order valence-corrected chi connectivity index (χ1v) is 9.46. The van der Waals surface area contributed by atoms with Crippen molar-refractivity contribution in [3.05, 3.63) is 57.6 Å². The molecule has 136 valence electrons. The zero-order valence-electron chi connectivity index (χ0n) is 14.8. The molecular weight excluding hydrogens is 350 g/mol. The van der Waals surface area contributed by atoms with Gasteiger partial charge in [-0.05, 0) is 55.3 Å². The highest BCUT2D eigenvalue weighted by Gasteiger charge is 2.21. The minimum absolute atomic E-state index is 0.0757. The van der Waals surface area contributed by atoms with Crippen molar-refractivity contribution >= 4 is 34.7 Å². The topological polar surface area (TPSA) is 75.5 Å². The summed E-state index contributed by atoms with van der Waals surface area (Å²) in [7, 11) is 0. The Balaban J connectivity index is 1.80. The summed E-state index contributed by atoms with van der Waals surface area (Å²) in [6.07, 6.45) is 0.983. The van der Waals surface area contributed by atoms with Crippen molar-refractivity contribution in [3.8, 4) is 0 Å². The Morgan fingerprint density at radius 3 is 2.77 bits per heavy atom. The molecule has 3 rings (SSSR count). The predicted octanol–water partition coefficient (Wildman–Crippen LogP) is 4.15. The molecule has 1 aliphatic rings. The van der Waals surface area contributed by atoms with Crippen molar-refractivity contribution in [1.82, 2.24) is 0 Å². The molecule has 1 amide bonds. The van der Waals surface area contributed by atoms with Crippen molar-refractivity contribution in [2.75, 3.05) is 29.1 Å². The first kappa shape index (κ1) is 18.3. The number of fused-ring (bicyclic) bond motifs is 1. The molecule has 7 heteroatoms. The number of amides is 1. The summed E-state index contributed by atoms with van der Waals surface area (Å²) >= 11 is 1.79. The maximum atomic E-state index is 12.6. The molecule has 0 aromatic heterocycles. The molecule has 1 heterocycles. The zero-order chi connectivity index (χ0) is 18.7. The van der Waals surface area contributed by atoms with E-state index in [-0.39, 0.29) is 23.8 Å². The van der Waals surface area contributed by atoms with Gasteiger partial charge >= 0.3 is 0 Å². The van der Waals surface area contributed by atoms with Crippen LogP contribution in [0.4, 0.5) is 17.1 Å². The number of aryl methyl sites for hydroxylation is 2. The summed E-state index contributed by atoms with van der Waals surface area (Å²) in [5.74, 6) is 0.760. The number of rotatable bonds is 4. The van der Waals surface area contributed by atoms with E-state index < -0.39 is 4.92 Å². The predicted molar refractivity (Wildman–Crippen MR) is 105 cm³/mol. The fourth-order valence-corrected chi connectivity index (χ4v) is 3.99. The lowest BCUT2D eigenvalue weighted by Crippen LogP contribution is -2.34. The Morgan fingerprint density at radius 2 is 2.00 bits per heavy atom. The average Bonchev–Trinajstić information content (AvgIpc) is 2.80. The number of para-hydroxylation sites is 1. The van der Waals surface area contributed by atoms with Crippen LogP contribution in [-0.4, -0.2) is 29.7 Å². The highest BCUT2D eigenvalue weighted by molar-refractivity contribution is 7.99. The second kappa shape index (κ2) is 7.78. The first-order valence-electron chi connectivity index (χ1n) is 8.48. The number of nitro benzene ring substituents is 1. The molecule has 0 radical (unpaired) electrons. The van der Waals surface area contributed by atoms with Crippen molar-refractivity contribution in [1.29, 1.82) is 0 Å². The SMILES string of the molecule is Cc1cc(NC(=O)CN2CCCSc3ccccc32)c([N+](=O)[O-])cc1C. The van der Waals surface area contributed by atoms with E-state index in [0.717, 1.165) is 40.4 Å². The number of hydrogen-bond donors (Lipinski definition) is 1. The Labute approximate surface area is 156 Å². The van der Waals surface area contributed by atoms with Crippen molar-refractivity contribution in [2.45, 2.75) is 25.2 Å². The fraction of sp³-hybridized carbons (Fsp3) is 0.316. The van der Waals surface area contributed by atoms with Crippen LogP contribution in [0.25, 0.3) is 0 Å². The first-order chi connectivity index (χ1) is 12.5. The molecule has 1 aliphatic heterocycles. The van der Waals surface area contributed by atoms with E-state index in [1.165, 1.54) is 6.07 Å². The summed E-state index contributed by atoms with van der Waals surface area (Å²) in [5.41, 5.74) is 2.95. The Bertz CT molecular complexity index is 854. The lowest BCUT2D eigenvalue weighted by Gasteiger charge is -2.23. The van der Waals surface area contributed by atoms with Gasteiger partial charge in [-0.25, -0.2) is 0 Å². The molecule has 6 nitrogen and oxygen atoms in total. The van der Waals surface area contributed by atoms with Gasteiger partial charge in [0.2, 0.25) is 5.91 Å². The van der Waals surface area contributed by atoms with Crippen LogP contribution in [0.1, 0.15) is 17.5 Å². The van der Waals surface area contributed by atoms with Gasteiger partial charge in [-0.3, -0.25) is 14.9 Å². The standard InChI is InChI=1S/C19H21N3O3S/c1-13-10-15(17(22(24)25)11-14(13)2)20-19(23)12-21-8-5-9-26-18-7-4-3-6-16(18)21/h3-4,6-7,10-11H,5,8-9,12H2,1-2H3,(H,20,23). The summed E-state index contributed by atoms with van der Waals surface area (Å²) in [4.78, 5) is 26.6. The zero-order valence-corrected chi connectivity index (χ0v) is 15.6. The van der Waals surface area contributed by atoms with Gasteiger partial charge in [0.05, 0.1) is 17.2 Å². The summed E-state index contributed by atoms with van der Waals surface area (Å²) in [6.45, 7) is 4.64. The van der Waals surface area contributed by atoms with E-state index in [0.29, 0.717) is 0 Å². The number of carbonyl (C=O) groups is 1. The van der Waals surface area contributed by atoms with Crippen LogP contribution in [0.3, 0.4) is 0 Å². The smallest absolute Gasteiger partial charge is 0.293 e. The highest BCUT2D eigenvalue weighted by atomic mass is 32.2. The van der Waals surface area contributed by atoms with Gasteiger partial charge in [0.1, 0.15) is 5.69 Å². The Kier molecular flexibility index (Phi) is 5.46. The molecule has 0 fully saturated rings. The van der Waals surface area contributed by atoms with Crippen LogP contribution in [0.5, 0.6) is 0 Å². The number of benzene rings is 2. The third-order valence-electron chi connectivity index (χ3n) is 4.45. The van der Waals surface area contributed by atoms with E-state index in [4.69, 9.17) is 0 Å². The lowest BCUT2D eigenvalue weighted by atomic mass is 10.1. The number of nitrogens with zero attached hydrogens (tertiary/aromatic N) is 2. The molecule has 0 atom stereocenters. The third kappa shape index (κ3) is 3.99. The Hall–Kier alpha value is -2.54. The van der Waals surface area contributed by atoms with Gasteiger partial charge in [-0.15, -0.1) is 11.8 Å². The van der Waals surface area contributed by atoms with E-state index in [2.05, 4.69) is 11.4 Å². The Morgan fingerprint density at radius 1 is 1.27 bits per heavy atom. The normalized spacial score (nSPS) is 13.7. The quantitative estimate of drug-likeness (QED) is 0.645. The highest BCUT2D eigenvalue weighted by Crippen LogP contribution is 2.33. The molecule has 0 aliphatic carbocycles. The second-order valence-electron chi connectivity index (χ2n) is 6.35. The summed E-state index contributed by atoms with van der Waals surface area (Å²) < 4.78 is 0. The molecule has 2 aromatic rings. The largest absolute Gasteiger partial charge is 0.361 e. The fourth-order valence-electron chi connectivity index (χ4n) is 2.98. The molecule has 0 saturated heterocycles. The third-order valence-corrected chi connectivity index (χ3v) is 5.60. The molecule has 1 N–H and O–H groups in total. The second-order valence-corrected chi connectivity index (χ2v) is 7.49. The lowest BCUT2D eigenvalue weighted by molar-refractivity contribution is -0.384. The van der Waals surface area contributed by atoms with Gasteiger partial charge in [-0.2, -0.15) is 0 Å². The van der Waals surface area contributed by atoms with Crippen molar-refractivity contribution in [3.63, 3.8) is 0 Å². The summed E-state index contributed by atoms with van der Waals surface area (Å²) in [5, 5.41) is 14.0. The minimum Gasteiger partial charge on any atom is -0.361 e. The van der Waals surface area contributed by atoms with Crippen molar-refractivity contribution in [2.24, 2.45) is 0 Å². The number of nitro groups is 1. The minimum atomic E-state index is -0.458. The van der Waals surface area contributed by atoms with E-state index in [9.17, 15) is 14.9 Å². The van der Waals surface area contributed by atoms with E-state index in [1.54, 1.807) is 17.8 Å². The van der Waals surface area contributed by atoms with Gasteiger partial charge in [0.25, 0.3) is 5.69 Å². The maximum Gasteiger partial charge on any atom is 0.293 e. The average molecular weight is 371 g/mol. The number of thioether (sulfide) groups is 1. The van der Waals surface area contributed by atoms with Gasteiger partial charge < -0.3 is 10.2 Å². The van der Waals surface area contributed by atoms with Gasteiger partial charge in [-0.1, -0.05) is 12.1 Å². The van der Waals surface area contributed by atoms with E-state index >= 15 is 0 Å². The van der Waals surface area contributed by atoms with E-state index in [1.807, 2.05) is 36.9 Å². The molecule has 0 saturated carbocycles. The molecule has 2 aromatic carbocycles. The van der Waals surface area contributed by atoms with Crippen LogP contribution in [0.2, 0.25) is 0 Å². The molecular formula is C19H21N3O3S. The maximum absolute atomic E-state index is 12.6. The molecule has 0 spiro atoms. The van der Waals surface area contributed by atoms with Crippen LogP contribution in [0, 0.1) is 24.0 Å². The van der Waals surface area contributed by atoms with Crippen molar-refractivity contribution < 1.29 is 9.72 Å². The van der Waals surface area contributed by atoms with Gasteiger partial charge in [0, 0.05) is 17.5 Å². The monoisotopic (exact) mass is 371 g/mol. The number of anilines is 2. The summed E-state index contributed by atoms with van der Waals surface area (Å²) in [6, 6.07) is 11.2. The number of hydrogen-bond acceptors (Lipinski definition) is 5. The van der Waals surface area contributed by atoms with Crippen LogP contribution in [0.15, 0.2) is 41.3 Å². The van der Waals surface area contributed by atoms with Crippen LogP contribution in [-0.2, 0) is 4.79 Å². The molecule has 0 bridgehead atoms. The number of carbonyl (C=O) groups excluding carboxylic acids is 1. The van der Waals surface area contributed by atoms with Crippen LogP contribution >= 0.6 is 11.8 Å². The molecule has 0 unspecified atom stereocenters. The van der Waals surface area contributed by atoms with Gasteiger partial charge in [0.15, 0.2) is 0 Å². The molecule has 26 heavy (non-hydrogen) atoms.